The summed E-state index contributed by atoms with van der Waals surface area (Å²) in [6.45, 7) is 2.46. The molecular formula is C23H20N4O3. The minimum Gasteiger partial charge on any atom is -0.494 e. The first kappa shape index (κ1) is 19.2. The Morgan fingerprint density at radius 2 is 1.67 bits per heavy atom. The van der Waals surface area contributed by atoms with E-state index in [9.17, 15) is 9.59 Å². The average Bonchev–Trinajstić information content (AvgIpc) is 2.78. The van der Waals surface area contributed by atoms with Crippen molar-refractivity contribution in [2.75, 3.05) is 17.3 Å². The van der Waals surface area contributed by atoms with Gasteiger partial charge in [0.15, 0.2) is 5.82 Å². The molecule has 0 bridgehead atoms. The minimum absolute atomic E-state index is 0.348. The minimum atomic E-state index is -0.560. The van der Waals surface area contributed by atoms with Crippen LogP contribution in [0.5, 0.6) is 5.75 Å². The number of urea groups is 1. The summed E-state index contributed by atoms with van der Waals surface area (Å²) < 4.78 is 6.57. The molecule has 0 aliphatic rings. The third-order valence-corrected chi connectivity index (χ3v) is 4.44. The molecule has 2 amide bonds. The molecule has 150 valence electrons. The second kappa shape index (κ2) is 8.48. The highest BCUT2D eigenvalue weighted by Gasteiger charge is 2.15. The first-order chi connectivity index (χ1) is 14.7. The van der Waals surface area contributed by atoms with Crippen molar-refractivity contribution in [2.45, 2.75) is 6.92 Å². The van der Waals surface area contributed by atoms with Crippen LogP contribution in [0.3, 0.4) is 0 Å². The molecule has 0 aliphatic carbocycles. The third kappa shape index (κ3) is 4.00. The first-order valence-electron chi connectivity index (χ1n) is 9.54. The highest BCUT2D eigenvalue weighted by Crippen LogP contribution is 2.18. The molecule has 0 aliphatic heterocycles. The summed E-state index contributed by atoms with van der Waals surface area (Å²) in [5.74, 6) is 1.06. The van der Waals surface area contributed by atoms with Gasteiger partial charge in [0.2, 0.25) is 0 Å². The van der Waals surface area contributed by atoms with Gasteiger partial charge in [-0.3, -0.25) is 4.79 Å². The van der Waals surface area contributed by atoms with E-state index in [4.69, 9.17) is 4.74 Å². The number of para-hydroxylation sites is 1. The number of nitrogens with zero attached hydrogens (tertiary/aromatic N) is 2. The standard InChI is InChI=1S/C23H20N4O3/c1-2-30-18-14-12-17(13-15-18)24-23(29)26-27-21(16-8-4-3-5-9-16)25-20-11-7-6-10-19(20)22(27)28/h3-15H,2H2,1H3,(H2,24,26,29). The fourth-order valence-corrected chi connectivity index (χ4v) is 3.08. The van der Waals surface area contributed by atoms with Gasteiger partial charge >= 0.3 is 6.03 Å². The van der Waals surface area contributed by atoms with Crippen LogP contribution < -0.4 is 21.0 Å². The average molecular weight is 400 g/mol. The quantitative estimate of drug-likeness (QED) is 0.525. The molecule has 7 nitrogen and oxygen atoms in total. The molecule has 1 heterocycles. The number of hydrogen-bond donors (Lipinski definition) is 2. The van der Waals surface area contributed by atoms with Crippen molar-refractivity contribution >= 4 is 22.6 Å². The van der Waals surface area contributed by atoms with Gasteiger partial charge < -0.3 is 10.1 Å². The van der Waals surface area contributed by atoms with Crippen LogP contribution in [0.4, 0.5) is 10.5 Å². The Balaban J connectivity index is 1.68. The van der Waals surface area contributed by atoms with E-state index in [0.29, 0.717) is 40.3 Å². The predicted molar refractivity (Wildman–Crippen MR) is 117 cm³/mol. The lowest BCUT2D eigenvalue weighted by molar-refractivity contribution is 0.259. The van der Waals surface area contributed by atoms with Crippen LogP contribution in [-0.4, -0.2) is 22.3 Å². The maximum atomic E-state index is 13.1. The fraction of sp³-hybridized carbons (Fsp3) is 0.0870. The summed E-state index contributed by atoms with van der Waals surface area (Å²) in [6.07, 6.45) is 0. The van der Waals surface area contributed by atoms with E-state index in [1.807, 2.05) is 43.3 Å². The zero-order chi connectivity index (χ0) is 20.9. The largest absolute Gasteiger partial charge is 0.494 e. The Labute approximate surface area is 172 Å². The number of anilines is 1. The van der Waals surface area contributed by atoms with Crippen LogP contribution in [0.1, 0.15) is 6.92 Å². The third-order valence-electron chi connectivity index (χ3n) is 4.44. The van der Waals surface area contributed by atoms with Crippen molar-refractivity contribution in [3.05, 3.63) is 89.2 Å². The van der Waals surface area contributed by atoms with Crippen LogP contribution in [0.2, 0.25) is 0 Å². The topological polar surface area (TPSA) is 85.2 Å². The van der Waals surface area contributed by atoms with E-state index in [2.05, 4.69) is 15.7 Å². The number of fused-ring (bicyclic) bond motifs is 1. The Morgan fingerprint density at radius 1 is 0.967 bits per heavy atom. The van der Waals surface area contributed by atoms with E-state index in [1.54, 1.807) is 42.5 Å². The van der Waals surface area contributed by atoms with Gasteiger partial charge in [-0.2, -0.15) is 4.68 Å². The van der Waals surface area contributed by atoms with Crippen molar-refractivity contribution in [1.82, 2.24) is 9.66 Å². The summed E-state index contributed by atoms with van der Waals surface area (Å²) in [4.78, 5) is 30.3. The van der Waals surface area contributed by atoms with Crippen molar-refractivity contribution in [1.29, 1.82) is 0 Å². The molecule has 7 heteroatoms. The monoisotopic (exact) mass is 400 g/mol. The van der Waals surface area contributed by atoms with Crippen molar-refractivity contribution in [2.24, 2.45) is 0 Å². The molecule has 0 saturated heterocycles. The molecule has 0 radical (unpaired) electrons. The van der Waals surface area contributed by atoms with Gasteiger partial charge in [0.05, 0.1) is 17.5 Å². The molecule has 0 atom stereocenters. The van der Waals surface area contributed by atoms with Crippen LogP contribution >= 0.6 is 0 Å². The Bertz CT molecular complexity index is 1240. The smallest absolute Gasteiger partial charge is 0.338 e. The summed E-state index contributed by atoms with van der Waals surface area (Å²) in [7, 11) is 0. The molecular weight excluding hydrogens is 380 g/mol. The van der Waals surface area contributed by atoms with E-state index in [0.717, 1.165) is 0 Å². The number of aromatic nitrogens is 2. The molecule has 4 rings (SSSR count). The number of carbonyl (C=O) groups excluding carboxylic acids is 1. The van der Waals surface area contributed by atoms with Crippen LogP contribution in [0, 0.1) is 0 Å². The number of nitrogens with one attached hydrogen (secondary N) is 2. The lowest BCUT2D eigenvalue weighted by Crippen LogP contribution is -2.37. The van der Waals surface area contributed by atoms with Gasteiger partial charge in [-0.1, -0.05) is 42.5 Å². The van der Waals surface area contributed by atoms with E-state index < -0.39 is 6.03 Å². The second-order valence-corrected chi connectivity index (χ2v) is 6.48. The Morgan fingerprint density at radius 3 is 2.40 bits per heavy atom. The zero-order valence-electron chi connectivity index (χ0n) is 16.3. The predicted octanol–water partition coefficient (Wildman–Crippen LogP) is 4.24. The second-order valence-electron chi connectivity index (χ2n) is 6.48. The number of ether oxygens (including phenoxy) is 1. The summed E-state index contributed by atoms with van der Waals surface area (Å²) in [6, 6.07) is 22.7. The maximum Gasteiger partial charge on any atom is 0.338 e. The van der Waals surface area contributed by atoms with Gasteiger partial charge in [-0.05, 0) is 43.3 Å². The fourth-order valence-electron chi connectivity index (χ4n) is 3.08. The first-order valence-corrected chi connectivity index (χ1v) is 9.54. The number of carbonyl (C=O) groups is 1. The highest BCUT2D eigenvalue weighted by molar-refractivity contribution is 5.95. The molecule has 30 heavy (non-hydrogen) atoms. The van der Waals surface area contributed by atoms with Gasteiger partial charge in [0.1, 0.15) is 5.75 Å². The molecule has 2 N–H and O–H groups in total. The van der Waals surface area contributed by atoms with Crippen molar-refractivity contribution in [3.63, 3.8) is 0 Å². The van der Waals surface area contributed by atoms with Crippen LogP contribution in [0.25, 0.3) is 22.3 Å². The molecule has 3 aromatic carbocycles. The lowest BCUT2D eigenvalue weighted by atomic mass is 10.2. The number of rotatable bonds is 5. The van der Waals surface area contributed by atoms with Gasteiger partial charge in [0, 0.05) is 11.3 Å². The molecule has 4 aromatic rings. The maximum absolute atomic E-state index is 13.1. The van der Waals surface area contributed by atoms with E-state index >= 15 is 0 Å². The molecule has 0 saturated carbocycles. The van der Waals surface area contributed by atoms with Crippen molar-refractivity contribution < 1.29 is 9.53 Å². The number of amides is 2. The van der Waals surface area contributed by atoms with Gasteiger partial charge in [-0.15, -0.1) is 0 Å². The van der Waals surface area contributed by atoms with Gasteiger partial charge in [0.25, 0.3) is 5.56 Å². The Kier molecular flexibility index (Phi) is 5.43. The van der Waals surface area contributed by atoms with E-state index in [1.165, 1.54) is 4.68 Å². The van der Waals surface area contributed by atoms with Crippen LogP contribution in [-0.2, 0) is 0 Å². The molecule has 0 spiro atoms. The summed E-state index contributed by atoms with van der Waals surface area (Å²) >= 11 is 0. The lowest BCUT2D eigenvalue weighted by Gasteiger charge is -2.15. The molecule has 0 unspecified atom stereocenters. The van der Waals surface area contributed by atoms with Crippen molar-refractivity contribution in [3.8, 4) is 17.1 Å². The molecule has 0 fully saturated rings. The highest BCUT2D eigenvalue weighted by atomic mass is 16.5. The summed E-state index contributed by atoms with van der Waals surface area (Å²) in [5.41, 5.74) is 4.10. The number of benzene rings is 3. The van der Waals surface area contributed by atoms with Crippen LogP contribution in [0.15, 0.2) is 83.7 Å². The summed E-state index contributed by atoms with van der Waals surface area (Å²) in [5, 5.41) is 3.14. The Hall–Kier alpha value is -4.13. The number of hydrogen-bond acceptors (Lipinski definition) is 4. The van der Waals surface area contributed by atoms with E-state index in [-0.39, 0.29) is 5.56 Å². The molecule has 1 aromatic heterocycles. The normalized spacial score (nSPS) is 10.6. The van der Waals surface area contributed by atoms with Gasteiger partial charge in [-0.25, -0.2) is 15.2 Å². The zero-order valence-corrected chi connectivity index (χ0v) is 16.3. The SMILES string of the molecule is CCOc1ccc(NC(=O)Nn2c(-c3ccccc3)nc3ccccc3c2=O)cc1.